The van der Waals surface area contributed by atoms with Crippen molar-refractivity contribution in [3.63, 3.8) is 0 Å². The maximum Gasteiger partial charge on any atom is 0.249 e. The molecule has 0 spiro atoms. The van der Waals surface area contributed by atoms with Gasteiger partial charge in [0.15, 0.2) is 0 Å². The largest absolute Gasteiger partial charge is 0.421 e. The van der Waals surface area contributed by atoms with E-state index in [4.69, 9.17) is 4.42 Å². The highest BCUT2D eigenvalue weighted by atomic mass is 16.4. The van der Waals surface area contributed by atoms with Gasteiger partial charge in [-0.1, -0.05) is 6.07 Å². The van der Waals surface area contributed by atoms with Crippen LogP contribution in [-0.4, -0.2) is 20.7 Å². The summed E-state index contributed by atoms with van der Waals surface area (Å²) < 4.78 is 7.46. The van der Waals surface area contributed by atoms with Crippen LogP contribution in [0.25, 0.3) is 11.5 Å². The molecule has 130 valence electrons. The number of aryl methyl sites for hydroxylation is 4. The van der Waals surface area contributed by atoms with Gasteiger partial charge in [0.1, 0.15) is 6.54 Å². The molecule has 0 saturated carbocycles. The van der Waals surface area contributed by atoms with Crippen LogP contribution in [0, 0.1) is 34.6 Å². The molecular formula is C19H22N4O2. The fourth-order valence-corrected chi connectivity index (χ4v) is 3.06. The van der Waals surface area contributed by atoms with Crippen molar-refractivity contribution in [2.45, 2.75) is 41.2 Å². The molecule has 6 heteroatoms. The van der Waals surface area contributed by atoms with Crippen LogP contribution >= 0.6 is 0 Å². The molecule has 2 heterocycles. The van der Waals surface area contributed by atoms with E-state index in [0.29, 0.717) is 11.8 Å². The summed E-state index contributed by atoms with van der Waals surface area (Å²) >= 11 is 0. The van der Waals surface area contributed by atoms with Crippen molar-refractivity contribution in [2.75, 3.05) is 5.32 Å². The van der Waals surface area contributed by atoms with Crippen molar-refractivity contribution in [1.82, 2.24) is 14.8 Å². The van der Waals surface area contributed by atoms with Gasteiger partial charge in [0.05, 0.1) is 5.56 Å². The zero-order chi connectivity index (χ0) is 18.1. The maximum absolute atomic E-state index is 12.5. The number of nitrogens with one attached hydrogen (secondary N) is 1. The highest BCUT2D eigenvalue weighted by Crippen LogP contribution is 2.26. The van der Waals surface area contributed by atoms with Crippen molar-refractivity contribution in [2.24, 2.45) is 0 Å². The van der Waals surface area contributed by atoms with Gasteiger partial charge in [-0.3, -0.25) is 4.79 Å². The quantitative estimate of drug-likeness (QED) is 0.787. The van der Waals surface area contributed by atoms with Gasteiger partial charge in [-0.05, 0) is 57.0 Å². The van der Waals surface area contributed by atoms with E-state index in [1.165, 1.54) is 0 Å². The van der Waals surface area contributed by atoms with Crippen LogP contribution in [0.2, 0.25) is 0 Å². The Morgan fingerprint density at radius 2 is 1.72 bits per heavy atom. The number of benzene rings is 1. The third kappa shape index (κ3) is 3.63. The number of nitrogens with zero attached hydrogens (tertiary/aromatic N) is 3. The first-order chi connectivity index (χ1) is 11.8. The Labute approximate surface area is 146 Å². The standard InChI is InChI=1S/C19H22N4O2/c1-11-6-12(2)8-16(7-11)20-18(24)10-23-13(3)9-17(14(23)4)19-22-21-15(5)25-19/h6-9H,10H2,1-5H3,(H,20,24). The second-order valence-corrected chi connectivity index (χ2v) is 6.42. The lowest BCUT2D eigenvalue weighted by Crippen LogP contribution is -2.20. The van der Waals surface area contributed by atoms with Gasteiger partial charge in [-0.25, -0.2) is 0 Å². The maximum atomic E-state index is 12.5. The average molecular weight is 338 g/mol. The van der Waals surface area contributed by atoms with E-state index < -0.39 is 0 Å². The fraction of sp³-hybridized carbons (Fsp3) is 0.316. The zero-order valence-corrected chi connectivity index (χ0v) is 15.2. The molecule has 0 unspecified atom stereocenters. The summed E-state index contributed by atoms with van der Waals surface area (Å²) in [5.41, 5.74) is 5.82. The summed E-state index contributed by atoms with van der Waals surface area (Å²) in [7, 11) is 0. The van der Waals surface area contributed by atoms with E-state index in [-0.39, 0.29) is 12.5 Å². The summed E-state index contributed by atoms with van der Waals surface area (Å²) in [4.78, 5) is 12.5. The topological polar surface area (TPSA) is 73.0 Å². The van der Waals surface area contributed by atoms with Crippen LogP contribution in [-0.2, 0) is 11.3 Å². The molecule has 0 aliphatic rings. The second-order valence-electron chi connectivity index (χ2n) is 6.42. The number of aromatic nitrogens is 3. The highest BCUT2D eigenvalue weighted by molar-refractivity contribution is 5.91. The van der Waals surface area contributed by atoms with Crippen molar-refractivity contribution in [3.05, 3.63) is 52.7 Å². The molecular weight excluding hydrogens is 316 g/mol. The SMILES string of the molecule is Cc1cc(C)cc(NC(=O)Cn2c(C)cc(-c3nnc(C)o3)c2C)c1. The Bertz CT molecular complexity index is 917. The summed E-state index contributed by atoms with van der Waals surface area (Å²) in [6, 6.07) is 7.97. The first-order valence-corrected chi connectivity index (χ1v) is 8.19. The molecule has 6 nitrogen and oxygen atoms in total. The molecule has 3 aromatic rings. The van der Waals surface area contributed by atoms with Crippen molar-refractivity contribution >= 4 is 11.6 Å². The number of carbonyl (C=O) groups excluding carboxylic acids is 1. The Hall–Kier alpha value is -2.89. The molecule has 0 bridgehead atoms. The normalized spacial score (nSPS) is 10.9. The van der Waals surface area contributed by atoms with Crippen molar-refractivity contribution < 1.29 is 9.21 Å². The van der Waals surface area contributed by atoms with Crippen LogP contribution in [0.4, 0.5) is 5.69 Å². The predicted molar refractivity (Wildman–Crippen MR) is 96.5 cm³/mol. The van der Waals surface area contributed by atoms with E-state index in [1.807, 2.05) is 50.5 Å². The molecule has 2 aromatic heterocycles. The van der Waals surface area contributed by atoms with Crippen molar-refractivity contribution in [3.8, 4) is 11.5 Å². The van der Waals surface area contributed by atoms with Gasteiger partial charge < -0.3 is 14.3 Å². The van der Waals surface area contributed by atoms with Gasteiger partial charge in [0.25, 0.3) is 0 Å². The Morgan fingerprint density at radius 3 is 2.32 bits per heavy atom. The van der Waals surface area contributed by atoms with Crippen LogP contribution in [0.1, 0.15) is 28.4 Å². The molecule has 0 fully saturated rings. The third-order valence-electron chi connectivity index (χ3n) is 4.14. The first-order valence-electron chi connectivity index (χ1n) is 8.19. The summed E-state index contributed by atoms with van der Waals surface area (Å²) in [6.45, 7) is 9.93. The molecule has 1 N–H and O–H groups in total. The molecule has 0 aliphatic carbocycles. The van der Waals surface area contributed by atoms with Gasteiger partial charge >= 0.3 is 0 Å². The second kappa shape index (κ2) is 6.55. The van der Waals surface area contributed by atoms with E-state index in [0.717, 1.165) is 33.8 Å². The molecule has 25 heavy (non-hydrogen) atoms. The fourth-order valence-electron chi connectivity index (χ4n) is 3.06. The number of rotatable bonds is 4. The van der Waals surface area contributed by atoms with Gasteiger partial charge in [-0.2, -0.15) is 0 Å². The molecule has 0 radical (unpaired) electrons. The lowest BCUT2D eigenvalue weighted by Gasteiger charge is -2.11. The van der Waals surface area contributed by atoms with Gasteiger partial charge in [0, 0.05) is 24.0 Å². The molecule has 0 atom stereocenters. The van der Waals surface area contributed by atoms with Crippen LogP contribution in [0.3, 0.4) is 0 Å². The van der Waals surface area contributed by atoms with E-state index in [1.54, 1.807) is 6.92 Å². The van der Waals surface area contributed by atoms with Gasteiger partial charge in [-0.15, -0.1) is 10.2 Å². The highest BCUT2D eigenvalue weighted by Gasteiger charge is 2.17. The number of amides is 1. The molecule has 0 aliphatic heterocycles. The minimum absolute atomic E-state index is 0.0694. The molecule has 1 aromatic carbocycles. The zero-order valence-electron chi connectivity index (χ0n) is 15.2. The minimum atomic E-state index is -0.0694. The summed E-state index contributed by atoms with van der Waals surface area (Å²) in [5, 5.41) is 10.9. The smallest absolute Gasteiger partial charge is 0.249 e. The van der Waals surface area contributed by atoms with Crippen LogP contribution in [0.15, 0.2) is 28.7 Å². The molecule has 3 rings (SSSR count). The summed E-state index contributed by atoms with van der Waals surface area (Å²) in [5.74, 6) is 0.930. The van der Waals surface area contributed by atoms with Gasteiger partial charge in [0.2, 0.25) is 17.7 Å². The number of carbonyl (C=O) groups is 1. The third-order valence-corrected chi connectivity index (χ3v) is 4.14. The lowest BCUT2D eigenvalue weighted by atomic mass is 10.1. The lowest BCUT2D eigenvalue weighted by molar-refractivity contribution is -0.116. The van der Waals surface area contributed by atoms with Crippen LogP contribution in [0.5, 0.6) is 0 Å². The Morgan fingerprint density at radius 1 is 1.04 bits per heavy atom. The average Bonchev–Trinajstić information content (AvgIpc) is 3.04. The number of anilines is 1. The van der Waals surface area contributed by atoms with E-state index in [2.05, 4.69) is 21.6 Å². The number of hydrogen-bond acceptors (Lipinski definition) is 4. The first kappa shape index (κ1) is 17.0. The molecule has 0 saturated heterocycles. The summed E-state index contributed by atoms with van der Waals surface area (Å²) in [6.07, 6.45) is 0. The Kier molecular flexibility index (Phi) is 4.44. The molecule has 1 amide bonds. The van der Waals surface area contributed by atoms with E-state index in [9.17, 15) is 4.79 Å². The predicted octanol–water partition coefficient (Wildman–Crippen LogP) is 3.72. The minimum Gasteiger partial charge on any atom is -0.421 e. The van der Waals surface area contributed by atoms with E-state index >= 15 is 0 Å². The van der Waals surface area contributed by atoms with Crippen LogP contribution < -0.4 is 5.32 Å². The Balaban J connectivity index is 1.80. The monoisotopic (exact) mass is 338 g/mol. The number of hydrogen-bond donors (Lipinski definition) is 1. The van der Waals surface area contributed by atoms with Crippen molar-refractivity contribution in [1.29, 1.82) is 0 Å².